The van der Waals surface area contributed by atoms with Crippen LogP contribution in [0.5, 0.6) is 0 Å². The van der Waals surface area contributed by atoms with Crippen molar-refractivity contribution in [2.75, 3.05) is 5.75 Å². The van der Waals surface area contributed by atoms with Gasteiger partial charge in [-0.25, -0.2) is 9.59 Å². The van der Waals surface area contributed by atoms with Crippen LogP contribution in [-0.2, 0) is 41.5 Å². The van der Waals surface area contributed by atoms with E-state index in [0.29, 0.717) is 16.7 Å². The number of nitrogens with zero attached hydrogens (tertiary/aromatic N) is 1. The summed E-state index contributed by atoms with van der Waals surface area (Å²) in [5.41, 5.74) is 1.77. The van der Waals surface area contributed by atoms with Gasteiger partial charge in [0, 0.05) is 4.88 Å². The molecule has 0 spiro atoms. The third kappa shape index (κ3) is 6.48. The molecule has 11 heteroatoms. The zero-order valence-corrected chi connectivity index (χ0v) is 26.4. The Kier molecular flexibility index (Phi) is 9.34. The lowest BCUT2D eigenvalue weighted by molar-refractivity contribution is -0.155. The van der Waals surface area contributed by atoms with Gasteiger partial charge in [-0.1, -0.05) is 84.9 Å². The molecule has 2 aliphatic heterocycles. The number of hydrogen-bond donors (Lipinski definition) is 1. The van der Waals surface area contributed by atoms with E-state index in [1.807, 2.05) is 78.2 Å². The number of fused-ring (bicyclic) bond motifs is 1. The van der Waals surface area contributed by atoms with Gasteiger partial charge in [-0.2, -0.15) is 0 Å². The van der Waals surface area contributed by atoms with Crippen LogP contribution < -0.4 is 5.32 Å². The van der Waals surface area contributed by atoms with Crippen LogP contribution in [0.1, 0.15) is 39.4 Å². The quantitative estimate of drug-likeness (QED) is 0.151. The second kappa shape index (κ2) is 13.7. The van der Waals surface area contributed by atoms with E-state index in [0.717, 1.165) is 9.78 Å². The van der Waals surface area contributed by atoms with Gasteiger partial charge in [-0.05, 0) is 52.8 Å². The zero-order chi connectivity index (χ0) is 32.2. The summed E-state index contributed by atoms with van der Waals surface area (Å²) < 4.78 is 25.5. The first-order chi connectivity index (χ1) is 22.3. The third-order valence-corrected chi connectivity index (χ3v) is 10.3. The van der Waals surface area contributed by atoms with Gasteiger partial charge < -0.3 is 19.3 Å². The van der Waals surface area contributed by atoms with Gasteiger partial charge in [0.2, 0.25) is 11.3 Å². The molecule has 234 valence electrons. The molecule has 4 atom stereocenters. The van der Waals surface area contributed by atoms with E-state index < -0.39 is 58.6 Å². The van der Waals surface area contributed by atoms with E-state index in [9.17, 15) is 23.7 Å². The first kappa shape index (κ1) is 31.3. The molecule has 1 N–H and O–H groups in total. The molecule has 0 radical (unpaired) electrons. The molecular weight excluding hydrogens is 625 g/mol. The highest BCUT2D eigenvalue weighted by Gasteiger charge is 2.62. The molecule has 3 unspecified atom stereocenters. The van der Waals surface area contributed by atoms with Crippen molar-refractivity contribution in [3.05, 3.63) is 141 Å². The lowest BCUT2D eigenvalue weighted by atomic mass is 9.99. The lowest BCUT2D eigenvalue weighted by Gasteiger charge is -2.49. The van der Waals surface area contributed by atoms with Gasteiger partial charge in [0.25, 0.3) is 5.91 Å². The van der Waals surface area contributed by atoms with Gasteiger partial charge in [-0.3, -0.25) is 14.5 Å². The molecule has 0 saturated carbocycles. The van der Waals surface area contributed by atoms with E-state index in [2.05, 4.69) is 5.32 Å². The average Bonchev–Trinajstić information content (AvgIpc) is 3.59. The SMILES string of the molecule is CC(OC(=O)c1ccccc1)C1=C(C(=O)OC(c2ccccc2)c2ccccc2)N2C(=O)C(NC(=O)Cc3cccs3)[C@H]2[S+]([O-])C1. The number of rotatable bonds is 10. The Morgan fingerprint density at radius 2 is 1.50 bits per heavy atom. The highest BCUT2D eigenvalue weighted by atomic mass is 32.2. The molecule has 6 rings (SSSR count). The Labute approximate surface area is 273 Å². The number of β-lactam (4-membered cyclic amide) rings is 1. The summed E-state index contributed by atoms with van der Waals surface area (Å²) in [5, 5.41) is 3.57. The topological polar surface area (TPSA) is 125 Å². The summed E-state index contributed by atoms with van der Waals surface area (Å²) >= 11 is -0.315. The minimum Gasteiger partial charge on any atom is -0.614 e. The van der Waals surface area contributed by atoms with Crippen LogP contribution in [0.15, 0.2) is 120 Å². The molecule has 2 aliphatic rings. The number of thiophene rings is 1. The van der Waals surface area contributed by atoms with Crippen LogP contribution in [0.4, 0.5) is 0 Å². The molecule has 4 aromatic rings. The fraction of sp³-hybridized carbons (Fsp3) is 0.200. The number of hydrogen-bond acceptors (Lipinski definition) is 8. The number of nitrogens with one attached hydrogen (secondary N) is 1. The van der Waals surface area contributed by atoms with Crippen molar-refractivity contribution in [2.45, 2.75) is 37.0 Å². The standard InChI is InChI=1S/C35H30N2O7S2/c1-22(43-34(40)25-16-9-4-10-17-25)27-21-46(42)33-29(36-28(38)20-26-18-11-19-45-26)32(39)37(33)30(27)35(41)44-31(23-12-5-2-6-13-23)24-14-7-3-8-15-24/h2-19,22,29,31,33H,20-21H2,1H3,(H,36,38)/t22?,29?,33-,46?/m1/s1. The fourth-order valence-electron chi connectivity index (χ4n) is 5.52. The molecule has 46 heavy (non-hydrogen) atoms. The van der Waals surface area contributed by atoms with Crippen LogP contribution >= 0.6 is 11.3 Å². The molecule has 1 fully saturated rings. The Morgan fingerprint density at radius 3 is 2.09 bits per heavy atom. The number of carbonyl (C=O) groups excluding carboxylic acids is 4. The largest absolute Gasteiger partial charge is 0.614 e. The van der Waals surface area contributed by atoms with Crippen molar-refractivity contribution in [3.63, 3.8) is 0 Å². The van der Waals surface area contributed by atoms with E-state index in [-0.39, 0.29) is 23.4 Å². The van der Waals surface area contributed by atoms with Crippen molar-refractivity contribution >= 4 is 46.3 Å². The minimum atomic E-state index is -1.73. The Bertz CT molecular complexity index is 1710. The average molecular weight is 655 g/mol. The molecule has 1 aromatic heterocycles. The fourth-order valence-corrected chi connectivity index (χ4v) is 8.01. The van der Waals surface area contributed by atoms with Gasteiger partial charge >= 0.3 is 11.9 Å². The highest BCUT2D eigenvalue weighted by Crippen LogP contribution is 2.40. The number of amides is 2. The van der Waals surface area contributed by atoms with E-state index >= 15 is 0 Å². The molecule has 2 amide bonds. The molecule has 9 nitrogen and oxygen atoms in total. The maximum absolute atomic E-state index is 14.2. The Balaban J connectivity index is 1.33. The molecule has 1 saturated heterocycles. The van der Waals surface area contributed by atoms with Crippen molar-refractivity contribution in [3.8, 4) is 0 Å². The van der Waals surface area contributed by atoms with Gasteiger partial charge in [0.15, 0.2) is 12.1 Å². The Morgan fingerprint density at radius 1 is 0.891 bits per heavy atom. The molecule has 0 bridgehead atoms. The monoisotopic (exact) mass is 654 g/mol. The summed E-state index contributed by atoms with van der Waals surface area (Å²) in [5.74, 6) is -2.63. The maximum Gasteiger partial charge on any atom is 0.356 e. The predicted octanol–water partition coefficient (Wildman–Crippen LogP) is 4.54. The summed E-state index contributed by atoms with van der Waals surface area (Å²) in [6.45, 7) is 1.57. The van der Waals surface area contributed by atoms with Crippen LogP contribution in [0.25, 0.3) is 0 Å². The van der Waals surface area contributed by atoms with Gasteiger partial charge in [0.1, 0.15) is 17.6 Å². The maximum atomic E-state index is 14.2. The first-order valence-corrected chi connectivity index (χ1v) is 16.9. The molecule has 3 aromatic carbocycles. The summed E-state index contributed by atoms with van der Waals surface area (Å²) in [6.07, 6.45) is -1.78. The number of esters is 2. The smallest absolute Gasteiger partial charge is 0.356 e. The lowest BCUT2D eigenvalue weighted by Crippen LogP contribution is -2.75. The summed E-state index contributed by atoms with van der Waals surface area (Å²) in [7, 11) is 0. The van der Waals surface area contributed by atoms with Crippen molar-refractivity contribution in [1.29, 1.82) is 0 Å². The Hall–Kier alpha value is -4.71. The summed E-state index contributed by atoms with van der Waals surface area (Å²) in [6, 6.07) is 29.3. The third-order valence-electron chi connectivity index (χ3n) is 7.79. The van der Waals surface area contributed by atoms with Crippen molar-refractivity contribution in [1.82, 2.24) is 10.2 Å². The first-order valence-electron chi connectivity index (χ1n) is 14.6. The van der Waals surface area contributed by atoms with Crippen molar-refractivity contribution < 1.29 is 33.2 Å². The molecule has 0 aliphatic carbocycles. The second-order valence-corrected chi connectivity index (χ2v) is 13.4. The number of carbonyl (C=O) groups is 4. The minimum absolute atomic E-state index is 0.0685. The van der Waals surface area contributed by atoms with Gasteiger partial charge in [-0.15, -0.1) is 11.3 Å². The normalized spacial score (nSPS) is 19.6. The molecule has 3 heterocycles. The van der Waals surface area contributed by atoms with Crippen molar-refractivity contribution in [2.24, 2.45) is 0 Å². The predicted molar refractivity (Wildman–Crippen MR) is 173 cm³/mol. The van der Waals surface area contributed by atoms with Crippen LogP contribution in [-0.4, -0.2) is 56.5 Å². The summed E-state index contributed by atoms with van der Waals surface area (Å²) in [4.78, 5) is 55.6. The highest BCUT2D eigenvalue weighted by molar-refractivity contribution is 7.92. The van der Waals surface area contributed by atoms with Crippen LogP contribution in [0.2, 0.25) is 0 Å². The van der Waals surface area contributed by atoms with Crippen LogP contribution in [0, 0.1) is 0 Å². The van der Waals surface area contributed by atoms with E-state index in [4.69, 9.17) is 9.47 Å². The molecular formula is C35H30N2O7S2. The number of benzene rings is 3. The van der Waals surface area contributed by atoms with Crippen LogP contribution in [0.3, 0.4) is 0 Å². The van der Waals surface area contributed by atoms with E-state index in [1.54, 1.807) is 37.3 Å². The van der Waals surface area contributed by atoms with E-state index in [1.165, 1.54) is 11.3 Å². The zero-order valence-electron chi connectivity index (χ0n) is 24.7. The second-order valence-electron chi connectivity index (χ2n) is 10.8. The van der Waals surface area contributed by atoms with Gasteiger partial charge in [0.05, 0.1) is 17.6 Å². The number of ether oxygens (including phenoxy) is 2.